The van der Waals surface area contributed by atoms with Crippen molar-refractivity contribution in [3.8, 4) is 0 Å². The first-order valence-corrected chi connectivity index (χ1v) is 5.60. The van der Waals surface area contributed by atoms with Crippen LogP contribution in [0.1, 0.15) is 40.0 Å². The maximum Gasteiger partial charge on any atom is 0.195 e. The van der Waals surface area contributed by atoms with E-state index >= 15 is 0 Å². The van der Waals surface area contributed by atoms with E-state index in [0.29, 0.717) is 6.54 Å². The molecule has 0 aromatic rings. The Kier molecular flexibility index (Phi) is 21.3. The van der Waals surface area contributed by atoms with Gasteiger partial charge in [0.05, 0.1) is 0 Å². The second-order valence-corrected chi connectivity index (χ2v) is 3.14. The third-order valence-corrected chi connectivity index (χ3v) is 1.53. The third-order valence-electron chi connectivity index (χ3n) is 1.53. The number of nitrogens with one attached hydrogen (secondary N) is 2. The van der Waals surface area contributed by atoms with E-state index in [0.717, 1.165) is 19.3 Å². The number of aliphatic imine (C=N–C) groups is 1. The summed E-state index contributed by atoms with van der Waals surface area (Å²) in [6, 6.07) is 0. The summed E-state index contributed by atoms with van der Waals surface area (Å²) in [6.45, 7) is 6.91. The summed E-state index contributed by atoms with van der Waals surface area (Å²) >= 11 is 0. The molecule has 17 heavy (non-hydrogen) atoms. The van der Waals surface area contributed by atoms with E-state index in [2.05, 4.69) is 36.3 Å². The van der Waals surface area contributed by atoms with Crippen LogP contribution in [0, 0.1) is 5.41 Å². The van der Waals surface area contributed by atoms with Crippen LogP contribution in [0.4, 0.5) is 0 Å². The van der Waals surface area contributed by atoms with Gasteiger partial charge >= 0.3 is 0 Å². The molecule has 6 heteroatoms. The van der Waals surface area contributed by atoms with Crippen molar-refractivity contribution in [3.63, 3.8) is 0 Å². The molecular weight excluding hydrogens is 238 g/mol. The summed E-state index contributed by atoms with van der Waals surface area (Å²) in [5.74, 6) is 0.0358. The van der Waals surface area contributed by atoms with Crippen molar-refractivity contribution < 1.29 is 0 Å². The SMILES string of the molecule is C/C=C/CC.CCCCN=C(N)NC(=N)N.Cl. The first-order chi connectivity index (χ1) is 7.58. The monoisotopic (exact) mass is 263 g/mol. The van der Waals surface area contributed by atoms with Crippen molar-refractivity contribution in [1.82, 2.24) is 5.32 Å². The van der Waals surface area contributed by atoms with Crippen LogP contribution >= 0.6 is 12.4 Å². The van der Waals surface area contributed by atoms with E-state index in [-0.39, 0.29) is 24.3 Å². The Morgan fingerprint density at radius 3 is 2.24 bits per heavy atom. The number of halogens is 1. The van der Waals surface area contributed by atoms with Crippen LogP contribution in [-0.2, 0) is 0 Å². The molecule has 6 N–H and O–H groups in total. The summed E-state index contributed by atoms with van der Waals surface area (Å²) in [6.07, 6.45) is 7.42. The van der Waals surface area contributed by atoms with E-state index in [4.69, 9.17) is 16.9 Å². The number of guanidine groups is 2. The molecule has 5 nitrogen and oxygen atoms in total. The smallest absolute Gasteiger partial charge is 0.195 e. The Morgan fingerprint density at radius 1 is 1.35 bits per heavy atom. The highest BCUT2D eigenvalue weighted by molar-refractivity contribution is 5.95. The number of hydrogen-bond acceptors (Lipinski definition) is 2. The second kappa shape index (κ2) is 17.2. The minimum atomic E-state index is -0.178. The summed E-state index contributed by atoms with van der Waals surface area (Å²) < 4.78 is 0. The minimum absolute atomic E-state index is 0. The Bertz CT molecular complexity index is 226. The fourth-order valence-electron chi connectivity index (χ4n) is 0.771. The van der Waals surface area contributed by atoms with Crippen molar-refractivity contribution in [2.45, 2.75) is 40.0 Å². The third kappa shape index (κ3) is 25.2. The van der Waals surface area contributed by atoms with E-state index < -0.39 is 0 Å². The number of hydrogen-bond donors (Lipinski definition) is 4. The van der Waals surface area contributed by atoms with Gasteiger partial charge in [-0.3, -0.25) is 15.7 Å². The number of rotatable bonds is 4. The van der Waals surface area contributed by atoms with Gasteiger partial charge in [-0.1, -0.05) is 32.4 Å². The van der Waals surface area contributed by atoms with E-state index in [1.54, 1.807) is 0 Å². The molecule has 0 aliphatic heterocycles. The molecule has 0 saturated heterocycles. The lowest BCUT2D eigenvalue weighted by molar-refractivity contribution is 0.804. The number of unbranched alkanes of at least 4 members (excludes halogenated alkanes) is 1. The highest BCUT2D eigenvalue weighted by Gasteiger charge is 1.90. The van der Waals surface area contributed by atoms with E-state index in [1.807, 2.05) is 6.92 Å². The summed E-state index contributed by atoms with van der Waals surface area (Å²) in [4.78, 5) is 3.92. The molecule has 0 unspecified atom stereocenters. The summed E-state index contributed by atoms with van der Waals surface area (Å²) in [7, 11) is 0. The molecule has 102 valence electrons. The molecule has 0 aromatic heterocycles. The molecule has 0 aliphatic carbocycles. The zero-order chi connectivity index (χ0) is 12.8. The predicted octanol–water partition coefficient (Wildman–Crippen LogP) is 1.98. The van der Waals surface area contributed by atoms with Crippen LogP contribution in [0.2, 0.25) is 0 Å². The van der Waals surface area contributed by atoms with Crippen LogP contribution in [0.15, 0.2) is 17.1 Å². The molecular formula is C11H26ClN5. The second-order valence-electron chi connectivity index (χ2n) is 3.14. The average molecular weight is 264 g/mol. The van der Waals surface area contributed by atoms with Gasteiger partial charge in [-0.25, -0.2) is 0 Å². The number of allylic oxidation sites excluding steroid dienone is 2. The summed E-state index contributed by atoms with van der Waals surface area (Å²) in [5, 5.41) is 9.20. The first kappa shape index (κ1) is 21.1. The fraction of sp³-hybridized carbons (Fsp3) is 0.636. The topological polar surface area (TPSA) is 100 Å². The molecule has 0 aliphatic rings. The van der Waals surface area contributed by atoms with Crippen molar-refractivity contribution in [2.75, 3.05) is 6.54 Å². The molecule has 0 radical (unpaired) electrons. The maximum atomic E-state index is 6.81. The molecule has 0 rings (SSSR count). The lowest BCUT2D eigenvalue weighted by atomic mass is 10.3. The largest absolute Gasteiger partial charge is 0.370 e. The Morgan fingerprint density at radius 2 is 1.94 bits per heavy atom. The Labute approximate surface area is 111 Å². The summed E-state index contributed by atoms with van der Waals surface area (Å²) in [5.41, 5.74) is 10.3. The maximum absolute atomic E-state index is 6.81. The molecule has 0 amide bonds. The molecule has 0 heterocycles. The molecule has 0 atom stereocenters. The molecule has 0 fully saturated rings. The van der Waals surface area contributed by atoms with Gasteiger partial charge in [0, 0.05) is 6.54 Å². The zero-order valence-corrected chi connectivity index (χ0v) is 11.8. The molecule has 0 spiro atoms. The van der Waals surface area contributed by atoms with Crippen molar-refractivity contribution >= 4 is 24.3 Å². The fourth-order valence-corrected chi connectivity index (χ4v) is 0.771. The molecule has 0 aromatic carbocycles. The standard InChI is InChI=1S/C6H15N5.C5H10.ClH/c1-2-3-4-10-6(9)11-5(7)8;1-3-5-4-2;/h2-4H2,1H3,(H6,7,8,9,10,11);3,5H,4H2,1-2H3;1H/b;5-3+;. The minimum Gasteiger partial charge on any atom is -0.370 e. The van der Waals surface area contributed by atoms with E-state index in [9.17, 15) is 0 Å². The lowest BCUT2D eigenvalue weighted by Crippen LogP contribution is -2.40. The van der Waals surface area contributed by atoms with Crippen molar-refractivity contribution in [3.05, 3.63) is 12.2 Å². The predicted molar refractivity (Wildman–Crippen MR) is 78.8 cm³/mol. The van der Waals surface area contributed by atoms with Gasteiger partial charge in [0.1, 0.15) is 0 Å². The molecule has 0 saturated carbocycles. The quantitative estimate of drug-likeness (QED) is 0.270. The van der Waals surface area contributed by atoms with Crippen LogP contribution in [0.5, 0.6) is 0 Å². The van der Waals surface area contributed by atoms with Gasteiger partial charge < -0.3 is 11.5 Å². The van der Waals surface area contributed by atoms with Gasteiger partial charge in [0.25, 0.3) is 0 Å². The van der Waals surface area contributed by atoms with Crippen molar-refractivity contribution in [1.29, 1.82) is 5.41 Å². The van der Waals surface area contributed by atoms with Crippen LogP contribution < -0.4 is 16.8 Å². The molecule has 0 bridgehead atoms. The average Bonchev–Trinajstić information content (AvgIpc) is 2.19. The highest BCUT2D eigenvalue weighted by Crippen LogP contribution is 1.85. The number of nitrogens with two attached hydrogens (primary N) is 2. The number of nitrogens with zero attached hydrogens (tertiary/aromatic N) is 1. The highest BCUT2D eigenvalue weighted by atomic mass is 35.5. The van der Waals surface area contributed by atoms with Gasteiger partial charge in [-0.05, 0) is 19.8 Å². The van der Waals surface area contributed by atoms with Crippen LogP contribution in [-0.4, -0.2) is 18.5 Å². The van der Waals surface area contributed by atoms with Crippen molar-refractivity contribution in [2.24, 2.45) is 16.5 Å². The normalized spacial score (nSPS) is 10.2. The lowest BCUT2D eigenvalue weighted by Gasteiger charge is -2.00. The van der Waals surface area contributed by atoms with Crippen LogP contribution in [0.25, 0.3) is 0 Å². The first-order valence-electron chi connectivity index (χ1n) is 5.60. The van der Waals surface area contributed by atoms with Gasteiger partial charge in [-0.15, -0.1) is 12.4 Å². The Hall–Kier alpha value is -1.23. The Balaban J connectivity index is -0.000000280. The van der Waals surface area contributed by atoms with Crippen LogP contribution in [0.3, 0.4) is 0 Å². The zero-order valence-electron chi connectivity index (χ0n) is 11.0. The van der Waals surface area contributed by atoms with E-state index in [1.165, 1.54) is 0 Å². The van der Waals surface area contributed by atoms with Gasteiger partial charge in [0.15, 0.2) is 11.9 Å². The van der Waals surface area contributed by atoms with Gasteiger partial charge in [-0.2, -0.15) is 0 Å². The van der Waals surface area contributed by atoms with Gasteiger partial charge in [0.2, 0.25) is 0 Å².